The number of ether oxygens (including phenoxy) is 1. The van der Waals surface area contributed by atoms with E-state index in [4.69, 9.17) is 10.5 Å². The molecule has 38 heavy (non-hydrogen) atoms. The van der Waals surface area contributed by atoms with Gasteiger partial charge in [-0.1, -0.05) is 69.4 Å². The van der Waals surface area contributed by atoms with Crippen LogP contribution in [0.3, 0.4) is 0 Å². The second-order valence-corrected chi connectivity index (χ2v) is 11.5. The highest BCUT2D eigenvalue weighted by Gasteiger charge is 2.36. The first-order valence-electron chi connectivity index (χ1n) is 13.8. The molecule has 0 spiro atoms. The van der Waals surface area contributed by atoms with Crippen molar-refractivity contribution >= 4 is 29.4 Å². The molecule has 7 nitrogen and oxygen atoms in total. The molecule has 204 valence electrons. The van der Waals surface area contributed by atoms with Gasteiger partial charge in [0.25, 0.3) is 0 Å². The standard InChI is InChI=1S/C30H39N3O4S/c1-2-24-26(18-21-11-7-4-8-12-21)32-30(33-28(24)35)38-19-27(34)22-13-15-23(16-14-22)37-29(36)25(31)17-20-9-5-3-6-10-20/h3,5-6,9-10,13-16,21,24-26,30,32H,2,4,7-8,11-12,17-19,31H2,1H3,(H,33,35). The Balaban J connectivity index is 1.26. The third kappa shape index (κ3) is 7.91. The molecule has 1 saturated heterocycles. The van der Waals surface area contributed by atoms with E-state index < -0.39 is 12.0 Å². The maximum absolute atomic E-state index is 12.8. The van der Waals surface area contributed by atoms with Crippen molar-refractivity contribution < 1.29 is 19.1 Å². The van der Waals surface area contributed by atoms with Crippen LogP contribution >= 0.6 is 11.8 Å². The summed E-state index contributed by atoms with van der Waals surface area (Å²) in [7, 11) is 0. The molecule has 1 amide bonds. The maximum atomic E-state index is 12.8. The average Bonchev–Trinajstić information content (AvgIpc) is 2.93. The van der Waals surface area contributed by atoms with E-state index >= 15 is 0 Å². The Morgan fingerprint density at radius 1 is 1.05 bits per heavy atom. The SMILES string of the molecule is CCC1C(=O)NC(SCC(=O)c2ccc(OC(=O)C(N)Cc3ccccc3)cc2)NC1CC1CCCCC1. The number of nitrogens with two attached hydrogens (primary N) is 1. The smallest absolute Gasteiger partial charge is 0.328 e. The van der Waals surface area contributed by atoms with Gasteiger partial charge in [-0.15, -0.1) is 11.8 Å². The van der Waals surface area contributed by atoms with Gasteiger partial charge in [0.05, 0.1) is 11.7 Å². The van der Waals surface area contributed by atoms with Crippen LogP contribution in [0, 0.1) is 11.8 Å². The summed E-state index contributed by atoms with van der Waals surface area (Å²) in [5, 5.41) is 6.65. The van der Waals surface area contributed by atoms with E-state index in [2.05, 4.69) is 17.6 Å². The van der Waals surface area contributed by atoms with E-state index in [1.807, 2.05) is 30.3 Å². The molecule has 1 saturated carbocycles. The third-order valence-corrected chi connectivity index (χ3v) is 8.61. The summed E-state index contributed by atoms with van der Waals surface area (Å²) in [5.74, 6) is 0.733. The molecule has 4 unspecified atom stereocenters. The highest BCUT2D eigenvalue weighted by molar-refractivity contribution is 8.00. The second kappa shape index (κ2) is 13.9. The predicted octanol–water partition coefficient (Wildman–Crippen LogP) is 4.45. The number of carbonyl (C=O) groups is 3. The highest BCUT2D eigenvalue weighted by atomic mass is 32.2. The van der Waals surface area contributed by atoms with E-state index in [0.29, 0.717) is 23.7 Å². The fraction of sp³-hybridized carbons (Fsp3) is 0.500. The number of hydrogen-bond acceptors (Lipinski definition) is 7. The molecule has 2 aromatic rings. The van der Waals surface area contributed by atoms with Crippen LogP contribution in [0.25, 0.3) is 0 Å². The zero-order valence-corrected chi connectivity index (χ0v) is 22.9. The number of esters is 1. The normalized spacial score (nSPS) is 22.9. The van der Waals surface area contributed by atoms with Gasteiger partial charge in [0, 0.05) is 11.6 Å². The van der Waals surface area contributed by atoms with Crippen LogP contribution in [-0.2, 0) is 16.0 Å². The lowest BCUT2D eigenvalue weighted by Crippen LogP contribution is -2.60. The summed E-state index contributed by atoms with van der Waals surface area (Å²) < 4.78 is 5.41. The summed E-state index contributed by atoms with van der Waals surface area (Å²) in [5.41, 5.74) is 7.21. The third-order valence-electron chi connectivity index (χ3n) is 7.59. The molecule has 4 rings (SSSR count). The fourth-order valence-electron chi connectivity index (χ4n) is 5.44. The predicted molar refractivity (Wildman–Crippen MR) is 151 cm³/mol. The van der Waals surface area contributed by atoms with Crippen LogP contribution in [0.2, 0.25) is 0 Å². The Hall–Kier alpha value is -2.68. The number of ketones is 1. The number of thioether (sulfide) groups is 1. The van der Waals surface area contributed by atoms with Crippen LogP contribution in [0.15, 0.2) is 54.6 Å². The minimum absolute atomic E-state index is 0.0273. The number of amides is 1. The molecule has 2 aliphatic rings. The van der Waals surface area contributed by atoms with E-state index in [1.165, 1.54) is 43.9 Å². The van der Waals surface area contributed by atoms with Crippen molar-refractivity contribution in [3.8, 4) is 5.75 Å². The minimum atomic E-state index is -0.775. The first-order valence-corrected chi connectivity index (χ1v) is 14.8. The lowest BCUT2D eigenvalue weighted by molar-refractivity contribution is -0.135. The lowest BCUT2D eigenvalue weighted by Gasteiger charge is -2.39. The van der Waals surface area contributed by atoms with Crippen LogP contribution in [0.5, 0.6) is 5.75 Å². The Morgan fingerprint density at radius 2 is 1.76 bits per heavy atom. The summed E-state index contributed by atoms with van der Waals surface area (Å²) in [6, 6.07) is 15.4. The van der Waals surface area contributed by atoms with Gasteiger partial charge < -0.3 is 15.8 Å². The molecular weight excluding hydrogens is 498 g/mol. The fourth-order valence-corrected chi connectivity index (χ4v) is 6.39. The van der Waals surface area contributed by atoms with Crippen LogP contribution in [0.1, 0.15) is 67.8 Å². The Kier molecular flexibility index (Phi) is 10.4. The Bertz CT molecular complexity index is 1070. The molecule has 1 heterocycles. The monoisotopic (exact) mass is 537 g/mol. The van der Waals surface area contributed by atoms with Gasteiger partial charge in [-0.3, -0.25) is 14.9 Å². The van der Waals surface area contributed by atoms with Crippen LogP contribution in [0.4, 0.5) is 0 Å². The van der Waals surface area contributed by atoms with Crippen LogP contribution < -0.4 is 21.1 Å². The molecule has 4 N–H and O–H groups in total. The molecule has 0 bridgehead atoms. The zero-order valence-electron chi connectivity index (χ0n) is 22.1. The van der Waals surface area contributed by atoms with Crippen molar-refractivity contribution in [2.75, 3.05) is 5.75 Å². The minimum Gasteiger partial charge on any atom is -0.425 e. The zero-order chi connectivity index (χ0) is 26.9. The lowest BCUT2D eigenvalue weighted by atomic mass is 9.80. The van der Waals surface area contributed by atoms with Gasteiger partial charge >= 0.3 is 5.97 Å². The number of hydrogen-bond donors (Lipinski definition) is 3. The highest BCUT2D eigenvalue weighted by Crippen LogP contribution is 2.31. The van der Waals surface area contributed by atoms with Crippen molar-refractivity contribution in [1.29, 1.82) is 0 Å². The van der Waals surface area contributed by atoms with Gasteiger partial charge in [0.15, 0.2) is 5.78 Å². The van der Waals surface area contributed by atoms with E-state index in [-0.39, 0.29) is 34.9 Å². The molecule has 1 aliphatic carbocycles. The summed E-state index contributed by atoms with van der Waals surface area (Å²) in [6.07, 6.45) is 8.59. The van der Waals surface area contributed by atoms with E-state index in [1.54, 1.807) is 24.3 Å². The second-order valence-electron chi connectivity index (χ2n) is 10.4. The first-order chi connectivity index (χ1) is 18.4. The van der Waals surface area contributed by atoms with Crippen molar-refractivity contribution in [2.24, 2.45) is 17.6 Å². The van der Waals surface area contributed by atoms with Crippen molar-refractivity contribution in [3.63, 3.8) is 0 Å². The topological polar surface area (TPSA) is 111 Å². The molecule has 2 fully saturated rings. The number of nitrogens with one attached hydrogen (secondary N) is 2. The number of benzene rings is 2. The van der Waals surface area contributed by atoms with Crippen LogP contribution in [-0.4, -0.2) is 41.0 Å². The molecule has 4 atom stereocenters. The largest absolute Gasteiger partial charge is 0.425 e. The molecule has 0 radical (unpaired) electrons. The molecule has 2 aromatic carbocycles. The molecular formula is C30H39N3O4S. The quantitative estimate of drug-likeness (QED) is 0.221. The van der Waals surface area contributed by atoms with E-state index in [9.17, 15) is 14.4 Å². The van der Waals surface area contributed by atoms with Gasteiger partial charge in [0.2, 0.25) is 5.91 Å². The summed E-state index contributed by atoms with van der Waals surface area (Å²) in [6.45, 7) is 2.06. The van der Waals surface area contributed by atoms with Crippen molar-refractivity contribution in [1.82, 2.24) is 10.6 Å². The number of Topliss-reactive ketones (excluding diaryl/α,β-unsaturated/α-hetero) is 1. The van der Waals surface area contributed by atoms with Gasteiger partial charge in [-0.25, -0.2) is 4.79 Å². The van der Waals surface area contributed by atoms with Gasteiger partial charge in [0.1, 0.15) is 17.3 Å². The molecule has 0 aromatic heterocycles. The Labute approximate surface area is 229 Å². The van der Waals surface area contributed by atoms with Crippen molar-refractivity contribution in [2.45, 2.75) is 75.9 Å². The maximum Gasteiger partial charge on any atom is 0.328 e. The molecule has 8 heteroatoms. The Morgan fingerprint density at radius 3 is 2.45 bits per heavy atom. The molecule has 1 aliphatic heterocycles. The van der Waals surface area contributed by atoms with Gasteiger partial charge in [-0.05, 0) is 55.0 Å². The summed E-state index contributed by atoms with van der Waals surface area (Å²) in [4.78, 5) is 38.0. The average molecular weight is 538 g/mol. The number of rotatable bonds is 11. The first kappa shape index (κ1) is 28.3. The van der Waals surface area contributed by atoms with Crippen molar-refractivity contribution in [3.05, 3.63) is 65.7 Å². The van der Waals surface area contributed by atoms with E-state index in [0.717, 1.165) is 18.4 Å². The van der Waals surface area contributed by atoms with Gasteiger partial charge in [-0.2, -0.15) is 0 Å². The number of carbonyl (C=O) groups excluding carboxylic acids is 3. The summed E-state index contributed by atoms with van der Waals surface area (Å²) >= 11 is 1.41.